The molecule has 2 aromatic heterocycles. The third-order valence-corrected chi connectivity index (χ3v) is 6.17. The summed E-state index contributed by atoms with van der Waals surface area (Å²) < 4.78 is 42.8. The quantitative estimate of drug-likeness (QED) is 0.524. The van der Waals surface area contributed by atoms with Crippen molar-refractivity contribution in [3.05, 3.63) is 41.6 Å². The van der Waals surface area contributed by atoms with Crippen molar-refractivity contribution >= 4 is 12.5 Å². The first kappa shape index (κ1) is 28.3. The summed E-state index contributed by atoms with van der Waals surface area (Å²) in [5.41, 5.74) is 2.46. The van der Waals surface area contributed by atoms with Crippen molar-refractivity contribution in [1.29, 1.82) is 0 Å². The van der Waals surface area contributed by atoms with E-state index in [1.54, 1.807) is 12.3 Å². The lowest BCUT2D eigenvalue weighted by Gasteiger charge is -2.29. The summed E-state index contributed by atoms with van der Waals surface area (Å²) in [4.78, 5) is 35.1. The van der Waals surface area contributed by atoms with E-state index < -0.39 is 12.0 Å². The first-order valence-corrected chi connectivity index (χ1v) is 12.4. The van der Waals surface area contributed by atoms with Gasteiger partial charge in [-0.25, -0.2) is 14.8 Å². The molecule has 3 heterocycles. The summed E-state index contributed by atoms with van der Waals surface area (Å²) in [6, 6.07) is 2.40. The topological polar surface area (TPSA) is 97.3 Å². The number of nitrogens with one attached hydrogen (secondary N) is 1. The Bertz CT molecular complexity index is 1070. The Kier molecular flexibility index (Phi) is 8.76. The maximum atomic E-state index is 12.5. The van der Waals surface area contributed by atoms with Crippen LogP contribution in [0.4, 0.5) is 18.0 Å². The average molecular weight is 522 g/mol. The van der Waals surface area contributed by atoms with Gasteiger partial charge in [-0.2, -0.15) is 13.2 Å². The van der Waals surface area contributed by atoms with Gasteiger partial charge in [0.05, 0.1) is 5.69 Å². The SMILES string of the molecule is CC1CCC(C)N1C(=O)OC(C)(C)C.O=CNCc1cc(-c2cnc(C(F)(F)F)nc2)ncc1C1CC1. The highest BCUT2D eigenvalue weighted by Gasteiger charge is 2.35. The van der Waals surface area contributed by atoms with Crippen LogP contribution in [0.2, 0.25) is 0 Å². The van der Waals surface area contributed by atoms with E-state index >= 15 is 0 Å². The first-order chi connectivity index (χ1) is 17.3. The predicted octanol–water partition coefficient (Wildman–Crippen LogP) is 5.48. The van der Waals surface area contributed by atoms with Crippen LogP contribution in [0, 0.1) is 0 Å². The van der Waals surface area contributed by atoms with Crippen molar-refractivity contribution in [2.75, 3.05) is 0 Å². The highest BCUT2D eigenvalue weighted by atomic mass is 19.4. The number of halogens is 3. The number of amides is 2. The number of hydrogen-bond donors (Lipinski definition) is 1. The normalized spacial score (nSPS) is 19.6. The van der Waals surface area contributed by atoms with Crippen molar-refractivity contribution < 1.29 is 27.5 Å². The number of rotatable bonds is 5. The molecule has 37 heavy (non-hydrogen) atoms. The second kappa shape index (κ2) is 11.4. The van der Waals surface area contributed by atoms with Crippen LogP contribution in [-0.4, -0.2) is 50.0 Å². The van der Waals surface area contributed by atoms with Gasteiger partial charge in [-0.15, -0.1) is 0 Å². The molecule has 202 valence electrons. The molecular formula is C26H34F3N5O3. The molecule has 1 saturated heterocycles. The summed E-state index contributed by atoms with van der Waals surface area (Å²) in [6.45, 7) is 10.2. The number of nitrogens with zero attached hydrogens (tertiary/aromatic N) is 4. The molecule has 1 N–H and O–H groups in total. The number of ether oxygens (including phenoxy) is 1. The second-order valence-corrected chi connectivity index (χ2v) is 10.5. The van der Waals surface area contributed by atoms with E-state index in [4.69, 9.17) is 4.74 Å². The van der Waals surface area contributed by atoms with Gasteiger partial charge < -0.3 is 15.0 Å². The lowest BCUT2D eigenvalue weighted by Crippen LogP contribution is -2.42. The Labute approximate surface area is 215 Å². The largest absolute Gasteiger partial charge is 0.451 e. The summed E-state index contributed by atoms with van der Waals surface area (Å²) in [5.74, 6) is -0.734. The molecule has 2 amide bonds. The number of carbonyl (C=O) groups is 2. The van der Waals surface area contributed by atoms with Crippen LogP contribution in [0.5, 0.6) is 0 Å². The number of carbonyl (C=O) groups excluding carboxylic acids is 2. The fourth-order valence-electron chi connectivity index (χ4n) is 4.21. The number of likely N-dealkylation sites (tertiary alicyclic amines) is 1. The lowest BCUT2D eigenvalue weighted by atomic mass is 10.0. The maximum Gasteiger partial charge on any atom is 0.451 e. The highest BCUT2D eigenvalue weighted by molar-refractivity contribution is 5.69. The Morgan fingerprint density at radius 2 is 1.65 bits per heavy atom. The monoisotopic (exact) mass is 521 g/mol. The van der Waals surface area contributed by atoms with Crippen LogP contribution in [0.1, 0.15) is 83.2 Å². The zero-order valence-corrected chi connectivity index (χ0v) is 21.8. The third kappa shape index (κ3) is 7.87. The van der Waals surface area contributed by atoms with E-state index in [2.05, 4.69) is 34.1 Å². The van der Waals surface area contributed by atoms with Crippen molar-refractivity contribution in [3.8, 4) is 11.3 Å². The average Bonchev–Trinajstić information content (AvgIpc) is 3.60. The molecule has 1 aliphatic carbocycles. The molecule has 2 aliphatic rings. The number of aromatic nitrogens is 3. The summed E-state index contributed by atoms with van der Waals surface area (Å²) in [5, 5.41) is 2.61. The van der Waals surface area contributed by atoms with Crippen LogP contribution >= 0.6 is 0 Å². The molecule has 1 saturated carbocycles. The standard InChI is InChI=1S/C15H13F3N4O.C11H21NO2/c16-15(17,18)14-21-5-11(6-22-14)13-3-10(4-19-8-23)12(7-20-13)9-1-2-9;1-8-6-7-9(2)12(8)10(13)14-11(3,4)5/h3,5-9H,1-2,4H2,(H,19,23);8-9H,6-7H2,1-5H3. The van der Waals surface area contributed by atoms with Gasteiger partial charge in [0, 0.05) is 42.8 Å². The fraction of sp³-hybridized carbons (Fsp3) is 0.577. The van der Waals surface area contributed by atoms with Gasteiger partial charge >= 0.3 is 12.3 Å². The van der Waals surface area contributed by atoms with Crippen LogP contribution in [0.15, 0.2) is 24.7 Å². The van der Waals surface area contributed by atoms with Gasteiger partial charge in [0.25, 0.3) is 0 Å². The van der Waals surface area contributed by atoms with Crippen molar-refractivity contribution in [3.63, 3.8) is 0 Å². The minimum atomic E-state index is -4.57. The molecule has 0 bridgehead atoms. The Morgan fingerprint density at radius 1 is 1.05 bits per heavy atom. The van der Waals surface area contributed by atoms with Gasteiger partial charge in [-0.3, -0.25) is 9.78 Å². The smallest absolute Gasteiger partial charge is 0.444 e. The van der Waals surface area contributed by atoms with E-state index in [9.17, 15) is 22.8 Å². The third-order valence-electron chi connectivity index (χ3n) is 6.17. The van der Waals surface area contributed by atoms with Crippen LogP contribution < -0.4 is 5.32 Å². The Morgan fingerprint density at radius 3 is 2.14 bits per heavy atom. The van der Waals surface area contributed by atoms with Gasteiger partial charge in [0.2, 0.25) is 12.2 Å². The number of alkyl halides is 3. The molecule has 4 rings (SSSR count). The van der Waals surface area contributed by atoms with Gasteiger partial charge in [-0.05, 0) is 83.4 Å². The highest BCUT2D eigenvalue weighted by Crippen LogP contribution is 2.42. The second-order valence-electron chi connectivity index (χ2n) is 10.5. The van der Waals surface area contributed by atoms with Gasteiger partial charge in [0.15, 0.2) is 0 Å². The minimum absolute atomic E-state index is 0.171. The Hall–Kier alpha value is -3.24. The van der Waals surface area contributed by atoms with E-state index in [0.717, 1.165) is 49.2 Å². The van der Waals surface area contributed by atoms with Crippen LogP contribution in [-0.2, 0) is 22.3 Å². The molecule has 11 heteroatoms. The molecule has 0 aromatic carbocycles. The summed E-state index contributed by atoms with van der Waals surface area (Å²) in [6.07, 6.45) is 4.12. The molecule has 2 atom stereocenters. The van der Waals surface area contributed by atoms with E-state index in [1.807, 2.05) is 25.7 Å². The van der Waals surface area contributed by atoms with E-state index in [1.165, 1.54) is 0 Å². The van der Waals surface area contributed by atoms with E-state index in [0.29, 0.717) is 42.2 Å². The number of pyridine rings is 1. The molecule has 1 aliphatic heterocycles. The number of hydrogen-bond acceptors (Lipinski definition) is 6. The molecule has 8 nitrogen and oxygen atoms in total. The van der Waals surface area contributed by atoms with Gasteiger partial charge in [-0.1, -0.05) is 0 Å². The molecular weight excluding hydrogens is 487 g/mol. The predicted molar refractivity (Wildman–Crippen MR) is 131 cm³/mol. The zero-order chi connectivity index (χ0) is 27.4. The van der Waals surface area contributed by atoms with E-state index in [-0.39, 0.29) is 11.7 Å². The molecule has 0 spiro atoms. The first-order valence-electron chi connectivity index (χ1n) is 12.4. The Balaban J connectivity index is 0.000000233. The van der Waals surface area contributed by atoms with Crippen molar-refractivity contribution in [1.82, 2.24) is 25.2 Å². The minimum Gasteiger partial charge on any atom is -0.444 e. The van der Waals surface area contributed by atoms with Gasteiger partial charge in [0.1, 0.15) is 5.60 Å². The molecule has 2 unspecified atom stereocenters. The van der Waals surface area contributed by atoms with Crippen molar-refractivity contribution in [2.24, 2.45) is 0 Å². The maximum absolute atomic E-state index is 12.5. The lowest BCUT2D eigenvalue weighted by molar-refractivity contribution is -0.145. The fourth-order valence-corrected chi connectivity index (χ4v) is 4.21. The summed E-state index contributed by atoms with van der Waals surface area (Å²) in [7, 11) is 0. The molecule has 2 fully saturated rings. The molecule has 2 aromatic rings. The van der Waals surface area contributed by atoms with Crippen LogP contribution in [0.25, 0.3) is 11.3 Å². The summed E-state index contributed by atoms with van der Waals surface area (Å²) >= 11 is 0. The zero-order valence-electron chi connectivity index (χ0n) is 21.8. The van der Waals surface area contributed by atoms with Crippen molar-refractivity contribution in [2.45, 2.75) is 96.6 Å². The van der Waals surface area contributed by atoms with Crippen LogP contribution in [0.3, 0.4) is 0 Å². The molecule has 0 radical (unpaired) electrons.